The number of aryl methyl sites for hydroxylation is 1. The SMILES string of the molecule is Cc1nc(-c2ccsc2)ccc1C(=O)N1CCN(C[C@H](C)O)CC1. The molecule has 1 saturated heterocycles. The van der Waals surface area contributed by atoms with Crippen LogP contribution in [0.1, 0.15) is 23.0 Å². The molecule has 3 heterocycles. The van der Waals surface area contributed by atoms with E-state index >= 15 is 0 Å². The number of piperazine rings is 1. The Morgan fingerprint density at radius 3 is 2.62 bits per heavy atom. The number of thiophene rings is 1. The van der Waals surface area contributed by atoms with E-state index in [1.807, 2.05) is 35.4 Å². The van der Waals surface area contributed by atoms with Gasteiger partial charge in [-0.25, -0.2) is 0 Å². The van der Waals surface area contributed by atoms with Gasteiger partial charge in [0.2, 0.25) is 0 Å². The molecule has 0 aromatic carbocycles. The van der Waals surface area contributed by atoms with Gasteiger partial charge in [-0.1, -0.05) is 0 Å². The number of rotatable bonds is 4. The lowest BCUT2D eigenvalue weighted by Crippen LogP contribution is -2.50. The van der Waals surface area contributed by atoms with Crippen LogP contribution in [0.5, 0.6) is 0 Å². The summed E-state index contributed by atoms with van der Waals surface area (Å²) in [6, 6.07) is 5.85. The number of amides is 1. The normalized spacial score (nSPS) is 17.0. The molecule has 1 N–H and O–H groups in total. The zero-order valence-corrected chi connectivity index (χ0v) is 14.9. The highest BCUT2D eigenvalue weighted by molar-refractivity contribution is 7.08. The van der Waals surface area contributed by atoms with Gasteiger partial charge in [0.05, 0.1) is 23.1 Å². The Bertz CT molecular complexity index is 692. The van der Waals surface area contributed by atoms with Crippen LogP contribution in [0.15, 0.2) is 29.0 Å². The number of β-amino-alcohol motifs (C(OH)–C–C–N with tert-alkyl or cyclic N) is 1. The van der Waals surface area contributed by atoms with E-state index in [1.54, 1.807) is 18.3 Å². The van der Waals surface area contributed by atoms with Gasteiger partial charge in [-0.05, 0) is 37.4 Å². The van der Waals surface area contributed by atoms with Crippen LogP contribution in [0, 0.1) is 6.92 Å². The Hall–Kier alpha value is -1.76. The summed E-state index contributed by atoms with van der Waals surface area (Å²) < 4.78 is 0. The van der Waals surface area contributed by atoms with Crippen LogP contribution in [0.25, 0.3) is 11.3 Å². The minimum absolute atomic E-state index is 0.0496. The molecular weight excluding hydrogens is 322 g/mol. The number of aliphatic hydroxyl groups excluding tert-OH is 1. The van der Waals surface area contributed by atoms with Crippen LogP contribution in [0.3, 0.4) is 0 Å². The first-order chi connectivity index (χ1) is 11.5. The Kier molecular flexibility index (Phi) is 5.28. The van der Waals surface area contributed by atoms with Crippen LogP contribution < -0.4 is 0 Å². The van der Waals surface area contributed by atoms with E-state index in [4.69, 9.17) is 0 Å². The number of carbonyl (C=O) groups is 1. The van der Waals surface area contributed by atoms with Gasteiger partial charge in [0.15, 0.2) is 0 Å². The smallest absolute Gasteiger partial charge is 0.255 e. The Balaban J connectivity index is 1.67. The van der Waals surface area contributed by atoms with E-state index < -0.39 is 0 Å². The number of pyridine rings is 1. The molecule has 24 heavy (non-hydrogen) atoms. The lowest BCUT2D eigenvalue weighted by molar-refractivity contribution is 0.0553. The minimum Gasteiger partial charge on any atom is -0.392 e. The average molecular weight is 345 g/mol. The van der Waals surface area contributed by atoms with Gasteiger partial charge in [-0.15, -0.1) is 0 Å². The first-order valence-corrected chi connectivity index (χ1v) is 9.19. The fourth-order valence-corrected chi connectivity index (χ4v) is 3.69. The third kappa shape index (κ3) is 3.83. The Morgan fingerprint density at radius 2 is 2.04 bits per heavy atom. The van der Waals surface area contributed by atoms with Crippen molar-refractivity contribution in [3.63, 3.8) is 0 Å². The second-order valence-corrected chi connectivity index (χ2v) is 7.06. The molecular formula is C18H23N3O2S. The fraction of sp³-hybridized carbons (Fsp3) is 0.444. The molecule has 0 saturated carbocycles. The number of hydrogen-bond acceptors (Lipinski definition) is 5. The molecule has 3 rings (SSSR count). The molecule has 128 valence electrons. The summed E-state index contributed by atoms with van der Waals surface area (Å²) in [5.41, 5.74) is 3.45. The minimum atomic E-state index is -0.330. The van der Waals surface area contributed by atoms with Crippen LogP contribution in [0.4, 0.5) is 0 Å². The largest absolute Gasteiger partial charge is 0.392 e. The fourth-order valence-electron chi connectivity index (χ4n) is 3.04. The van der Waals surface area contributed by atoms with Crippen LogP contribution in [0.2, 0.25) is 0 Å². The highest BCUT2D eigenvalue weighted by atomic mass is 32.1. The summed E-state index contributed by atoms with van der Waals surface area (Å²) in [6.07, 6.45) is -0.330. The lowest BCUT2D eigenvalue weighted by atomic mass is 10.1. The predicted octanol–water partition coefficient (Wildman–Crippen LogP) is 2.26. The number of aliphatic hydroxyl groups is 1. The van der Waals surface area contributed by atoms with E-state index in [0.29, 0.717) is 25.2 Å². The molecule has 1 aliphatic rings. The zero-order chi connectivity index (χ0) is 17.1. The van der Waals surface area contributed by atoms with Crippen LogP contribution >= 0.6 is 11.3 Å². The monoisotopic (exact) mass is 345 g/mol. The maximum Gasteiger partial charge on any atom is 0.255 e. The van der Waals surface area contributed by atoms with Crippen molar-refractivity contribution in [3.8, 4) is 11.3 Å². The summed E-state index contributed by atoms with van der Waals surface area (Å²) >= 11 is 1.64. The summed E-state index contributed by atoms with van der Waals surface area (Å²) in [7, 11) is 0. The van der Waals surface area contributed by atoms with E-state index in [9.17, 15) is 9.90 Å². The molecule has 1 atom stereocenters. The molecule has 0 aliphatic carbocycles. The number of nitrogens with zero attached hydrogens (tertiary/aromatic N) is 3. The van der Waals surface area contributed by atoms with Gasteiger partial charge in [-0.3, -0.25) is 14.7 Å². The Labute approximate surface area is 146 Å². The van der Waals surface area contributed by atoms with Crippen molar-refractivity contribution in [1.82, 2.24) is 14.8 Å². The second kappa shape index (κ2) is 7.42. The molecule has 0 spiro atoms. The zero-order valence-electron chi connectivity index (χ0n) is 14.1. The summed E-state index contributed by atoms with van der Waals surface area (Å²) in [6.45, 7) is 7.34. The van der Waals surface area contributed by atoms with Crippen molar-refractivity contribution in [1.29, 1.82) is 0 Å². The lowest BCUT2D eigenvalue weighted by Gasteiger charge is -2.35. The van der Waals surface area contributed by atoms with Gasteiger partial charge in [-0.2, -0.15) is 11.3 Å². The van der Waals surface area contributed by atoms with E-state index in [1.165, 1.54) is 0 Å². The quantitative estimate of drug-likeness (QED) is 0.923. The highest BCUT2D eigenvalue weighted by Crippen LogP contribution is 2.22. The molecule has 1 fully saturated rings. The molecule has 5 nitrogen and oxygen atoms in total. The van der Waals surface area contributed by atoms with Crippen molar-refractivity contribution in [2.24, 2.45) is 0 Å². The predicted molar refractivity (Wildman–Crippen MR) is 96.3 cm³/mol. The molecule has 6 heteroatoms. The molecule has 1 amide bonds. The standard InChI is InChI=1S/C18H23N3O2S/c1-13(22)11-20-6-8-21(9-7-20)18(23)16-3-4-17(19-14(16)2)15-5-10-24-12-15/h3-5,10,12-13,22H,6-9,11H2,1-2H3/t13-/m0/s1. The number of carbonyl (C=O) groups excluding carboxylic acids is 1. The highest BCUT2D eigenvalue weighted by Gasteiger charge is 2.24. The van der Waals surface area contributed by atoms with Crippen LogP contribution in [-0.2, 0) is 0 Å². The topological polar surface area (TPSA) is 56.7 Å². The molecule has 0 radical (unpaired) electrons. The maximum absolute atomic E-state index is 12.8. The third-order valence-corrected chi connectivity index (χ3v) is 5.00. The first-order valence-electron chi connectivity index (χ1n) is 8.24. The summed E-state index contributed by atoms with van der Waals surface area (Å²) in [4.78, 5) is 21.4. The summed E-state index contributed by atoms with van der Waals surface area (Å²) in [5, 5.41) is 13.6. The molecule has 0 bridgehead atoms. The Morgan fingerprint density at radius 1 is 1.29 bits per heavy atom. The van der Waals surface area contributed by atoms with Crippen molar-refractivity contribution in [2.45, 2.75) is 20.0 Å². The van der Waals surface area contributed by atoms with Crippen molar-refractivity contribution in [3.05, 3.63) is 40.2 Å². The van der Waals surface area contributed by atoms with Crippen molar-refractivity contribution >= 4 is 17.2 Å². The maximum atomic E-state index is 12.8. The number of aromatic nitrogens is 1. The van der Waals surface area contributed by atoms with E-state index in [2.05, 4.69) is 15.3 Å². The average Bonchev–Trinajstić information content (AvgIpc) is 3.09. The van der Waals surface area contributed by atoms with E-state index in [-0.39, 0.29) is 12.0 Å². The van der Waals surface area contributed by atoms with Gasteiger partial charge in [0, 0.05) is 43.7 Å². The van der Waals surface area contributed by atoms with Gasteiger partial charge in [0.1, 0.15) is 0 Å². The second-order valence-electron chi connectivity index (χ2n) is 6.28. The first kappa shape index (κ1) is 17.1. The number of hydrogen-bond donors (Lipinski definition) is 1. The molecule has 1 aliphatic heterocycles. The molecule has 2 aromatic rings. The van der Waals surface area contributed by atoms with Crippen LogP contribution in [-0.4, -0.2) is 64.6 Å². The molecule has 0 unspecified atom stereocenters. The third-order valence-electron chi connectivity index (χ3n) is 4.32. The van der Waals surface area contributed by atoms with Crippen molar-refractivity contribution in [2.75, 3.05) is 32.7 Å². The van der Waals surface area contributed by atoms with E-state index in [0.717, 1.165) is 30.0 Å². The van der Waals surface area contributed by atoms with Gasteiger partial charge >= 0.3 is 0 Å². The molecule has 2 aromatic heterocycles. The summed E-state index contributed by atoms with van der Waals surface area (Å²) in [5.74, 6) is 0.0496. The van der Waals surface area contributed by atoms with Crippen molar-refractivity contribution < 1.29 is 9.90 Å². The van der Waals surface area contributed by atoms with Gasteiger partial charge in [0.25, 0.3) is 5.91 Å². The van der Waals surface area contributed by atoms with Gasteiger partial charge < -0.3 is 10.0 Å².